The Labute approximate surface area is 124 Å². The second-order valence-electron chi connectivity index (χ2n) is 4.61. The van der Waals surface area contributed by atoms with Crippen LogP contribution in [0.3, 0.4) is 0 Å². The van der Waals surface area contributed by atoms with Crippen LogP contribution < -0.4 is 10.6 Å². The molecular formula is C15H21ClN2O2. The van der Waals surface area contributed by atoms with Gasteiger partial charge in [0, 0.05) is 18.1 Å². The Morgan fingerprint density at radius 1 is 1.15 bits per heavy atom. The van der Waals surface area contributed by atoms with E-state index in [2.05, 4.69) is 17.6 Å². The van der Waals surface area contributed by atoms with E-state index in [0.29, 0.717) is 24.5 Å². The van der Waals surface area contributed by atoms with Crippen LogP contribution in [0, 0.1) is 0 Å². The molecule has 0 spiro atoms. The van der Waals surface area contributed by atoms with Crippen LogP contribution in [-0.4, -0.2) is 24.9 Å². The van der Waals surface area contributed by atoms with E-state index in [1.165, 1.54) is 0 Å². The molecule has 5 heteroatoms. The minimum atomic E-state index is -0.249. The maximum atomic E-state index is 11.5. The van der Waals surface area contributed by atoms with Gasteiger partial charge in [-0.25, -0.2) is 0 Å². The van der Waals surface area contributed by atoms with E-state index < -0.39 is 0 Å². The number of halogens is 1. The minimum absolute atomic E-state index is 0.112. The summed E-state index contributed by atoms with van der Waals surface area (Å²) in [6.45, 7) is 3.18. The Hall–Kier alpha value is -1.55. The first-order valence-electron chi connectivity index (χ1n) is 6.89. The third kappa shape index (κ3) is 7.14. The molecule has 110 valence electrons. The van der Waals surface area contributed by atoms with Crippen LogP contribution in [0.1, 0.15) is 31.7 Å². The summed E-state index contributed by atoms with van der Waals surface area (Å²) < 4.78 is 0. The van der Waals surface area contributed by atoms with Crippen LogP contribution in [0.15, 0.2) is 24.3 Å². The van der Waals surface area contributed by atoms with Gasteiger partial charge in [0.25, 0.3) is 0 Å². The Morgan fingerprint density at radius 3 is 2.50 bits per heavy atom. The lowest BCUT2D eigenvalue weighted by molar-refractivity contribution is -0.129. The molecule has 1 aromatic rings. The fourth-order valence-corrected chi connectivity index (χ4v) is 1.93. The first kappa shape index (κ1) is 16.5. The number of unbranched alkanes of at least 4 members (excludes halogenated alkanes) is 1. The van der Waals surface area contributed by atoms with Crippen LogP contribution in [-0.2, 0) is 16.0 Å². The summed E-state index contributed by atoms with van der Waals surface area (Å²) >= 11 is 5.88. The normalized spacial score (nSPS) is 10.1. The summed E-state index contributed by atoms with van der Waals surface area (Å²) in [5.74, 6) is -0.472. The number of benzene rings is 1. The highest BCUT2D eigenvalue weighted by Gasteiger charge is 2.07. The molecule has 0 atom stereocenters. The van der Waals surface area contributed by atoms with Gasteiger partial charge < -0.3 is 10.6 Å². The van der Waals surface area contributed by atoms with Crippen molar-refractivity contribution in [2.45, 2.75) is 32.6 Å². The van der Waals surface area contributed by atoms with E-state index in [9.17, 15) is 9.59 Å². The van der Waals surface area contributed by atoms with Crippen molar-refractivity contribution in [1.29, 1.82) is 0 Å². The van der Waals surface area contributed by atoms with Gasteiger partial charge in [-0.1, -0.05) is 37.1 Å². The van der Waals surface area contributed by atoms with Gasteiger partial charge in [-0.05, 0) is 30.5 Å². The van der Waals surface area contributed by atoms with Crippen LogP contribution in [0.25, 0.3) is 0 Å². The molecule has 1 aromatic carbocycles. The smallest absolute Gasteiger partial charge is 0.229 e. The highest BCUT2D eigenvalue weighted by molar-refractivity contribution is 6.30. The predicted octanol–water partition coefficient (Wildman–Crippen LogP) is 2.31. The summed E-state index contributed by atoms with van der Waals surface area (Å²) in [5.41, 5.74) is 1.06. The quantitative estimate of drug-likeness (QED) is 0.571. The Kier molecular flexibility index (Phi) is 7.73. The first-order valence-corrected chi connectivity index (χ1v) is 7.27. The Morgan fingerprint density at radius 2 is 1.85 bits per heavy atom. The SMILES string of the molecule is CCCCNC(=O)CC(=O)NCCc1cccc(Cl)c1. The Balaban J connectivity index is 2.18. The number of nitrogens with one attached hydrogen (secondary N) is 2. The number of hydrogen-bond donors (Lipinski definition) is 2. The molecule has 0 unspecified atom stereocenters. The summed E-state index contributed by atoms with van der Waals surface area (Å²) in [6.07, 6.45) is 2.54. The van der Waals surface area contributed by atoms with Crippen molar-refractivity contribution in [3.8, 4) is 0 Å². The maximum Gasteiger partial charge on any atom is 0.229 e. The fourth-order valence-electron chi connectivity index (χ4n) is 1.71. The van der Waals surface area contributed by atoms with E-state index in [1.54, 1.807) is 0 Å². The predicted molar refractivity (Wildman–Crippen MR) is 80.7 cm³/mol. The van der Waals surface area contributed by atoms with E-state index >= 15 is 0 Å². The third-order valence-corrected chi connectivity index (χ3v) is 3.03. The van der Waals surface area contributed by atoms with Gasteiger partial charge in [0.15, 0.2) is 0 Å². The monoisotopic (exact) mass is 296 g/mol. The van der Waals surface area contributed by atoms with E-state index in [0.717, 1.165) is 18.4 Å². The van der Waals surface area contributed by atoms with Crippen molar-refractivity contribution in [1.82, 2.24) is 10.6 Å². The maximum absolute atomic E-state index is 11.5. The lowest BCUT2D eigenvalue weighted by atomic mass is 10.1. The van der Waals surface area contributed by atoms with Gasteiger partial charge >= 0.3 is 0 Å². The molecule has 0 aliphatic heterocycles. The highest BCUT2D eigenvalue weighted by atomic mass is 35.5. The number of carbonyl (C=O) groups excluding carboxylic acids is 2. The molecule has 4 nitrogen and oxygen atoms in total. The van der Waals surface area contributed by atoms with E-state index in [4.69, 9.17) is 11.6 Å². The summed E-state index contributed by atoms with van der Waals surface area (Å²) in [6, 6.07) is 7.51. The molecule has 0 radical (unpaired) electrons. The topological polar surface area (TPSA) is 58.2 Å². The molecule has 0 aliphatic rings. The number of rotatable bonds is 8. The molecule has 1 rings (SSSR count). The minimum Gasteiger partial charge on any atom is -0.356 e. The van der Waals surface area contributed by atoms with Crippen molar-refractivity contribution >= 4 is 23.4 Å². The molecule has 2 N–H and O–H groups in total. The number of amides is 2. The molecule has 0 heterocycles. The zero-order chi connectivity index (χ0) is 14.8. The number of hydrogen-bond acceptors (Lipinski definition) is 2. The molecule has 0 aromatic heterocycles. The van der Waals surface area contributed by atoms with Crippen molar-refractivity contribution in [3.63, 3.8) is 0 Å². The van der Waals surface area contributed by atoms with Crippen molar-refractivity contribution in [2.75, 3.05) is 13.1 Å². The van der Waals surface area contributed by atoms with Gasteiger partial charge in [-0.15, -0.1) is 0 Å². The molecule has 0 saturated carbocycles. The van der Waals surface area contributed by atoms with Crippen LogP contribution in [0.2, 0.25) is 5.02 Å². The first-order chi connectivity index (χ1) is 9.61. The van der Waals surface area contributed by atoms with Gasteiger partial charge in [0.1, 0.15) is 6.42 Å². The fraction of sp³-hybridized carbons (Fsp3) is 0.467. The summed E-state index contributed by atoms with van der Waals surface area (Å²) in [7, 11) is 0. The van der Waals surface area contributed by atoms with Crippen molar-refractivity contribution < 1.29 is 9.59 Å². The van der Waals surface area contributed by atoms with Gasteiger partial charge in [0.05, 0.1) is 0 Å². The van der Waals surface area contributed by atoms with Gasteiger partial charge in [-0.3, -0.25) is 9.59 Å². The second-order valence-corrected chi connectivity index (χ2v) is 5.05. The van der Waals surface area contributed by atoms with Crippen LogP contribution in [0.4, 0.5) is 0 Å². The largest absolute Gasteiger partial charge is 0.356 e. The molecule has 20 heavy (non-hydrogen) atoms. The third-order valence-electron chi connectivity index (χ3n) is 2.80. The Bertz CT molecular complexity index is 449. The zero-order valence-corrected chi connectivity index (χ0v) is 12.5. The van der Waals surface area contributed by atoms with E-state index in [1.807, 2.05) is 24.3 Å². The highest BCUT2D eigenvalue weighted by Crippen LogP contribution is 2.10. The molecule has 0 fully saturated rings. The standard InChI is InChI=1S/C15H21ClN2O2/c1-2-3-8-17-14(19)11-15(20)18-9-7-12-5-4-6-13(16)10-12/h4-6,10H,2-3,7-9,11H2,1H3,(H,17,19)(H,18,20). The van der Waals surface area contributed by atoms with Crippen molar-refractivity contribution in [2.24, 2.45) is 0 Å². The lowest BCUT2D eigenvalue weighted by Crippen LogP contribution is -2.33. The average molecular weight is 297 g/mol. The van der Waals surface area contributed by atoms with Crippen molar-refractivity contribution in [3.05, 3.63) is 34.9 Å². The average Bonchev–Trinajstić information content (AvgIpc) is 2.39. The molecule has 0 bridgehead atoms. The van der Waals surface area contributed by atoms with E-state index in [-0.39, 0.29) is 18.2 Å². The van der Waals surface area contributed by atoms with Gasteiger partial charge in [-0.2, -0.15) is 0 Å². The van der Waals surface area contributed by atoms with Crippen LogP contribution in [0.5, 0.6) is 0 Å². The van der Waals surface area contributed by atoms with Gasteiger partial charge in [0.2, 0.25) is 11.8 Å². The second kappa shape index (κ2) is 9.37. The number of carbonyl (C=O) groups is 2. The lowest BCUT2D eigenvalue weighted by Gasteiger charge is -2.06. The van der Waals surface area contributed by atoms with Crippen LogP contribution >= 0.6 is 11.6 Å². The summed E-state index contributed by atoms with van der Waals surface area (Å²) in [4.78, 5) is 23.0. The molecular weight excluding hydrogens is 276 g/mol. The molecule has 0 aliphatic carbocycles. The molecule has 2 amide bonds. The zero-order valence-electron chi connectivity index (χ0n) is 11.7. The molecule has 0 saturated heterocycles. The summed E-state index contributed by atoms with van der Waals surface area (Å²) in [5, 5.41) is 6.13.